The Morgan fingerprint density at radius 2 is 2.19 bits per heavy atom. The Kier molecular flexibility index (Phi) is 3.75. The highest BCUT2D eigenvalue weighted by atomic mass is 16.1. The maximum absolute atomic E-state index is 12.1. The van der Waals surface area contributed by atoms with E-state index in [0.29, 0.717) is 31.5 Å². The highest BCUT2D eigenvalue weighted by Gasteiger charge is 2.20. The van der Waals surface area contributed by atoms with Gasteiger partial charge in [-0.3, -0.25) is 9.59 Å². The number of nitrogens with one attached hydrogen (secondary N) is 2. The summed E-state index contributed by atoms with van der Waals surface area (Å²) in [6, 6.07) is 5.60. The number of hydrogen-bond acceptors (Lipinski definition) is 3. The molecule has 0 aliphatic heterocycles. The fourth-order valence-electron chi connectivity index (χ4n) is 2.82. The highest BCUT2D eigenvalue weighted by molar-refractivity contribution is 6.00. The maximum atomic E-state index is 12.1. The van der Waals surface area contributed by atoms with Crippen molar-refractivity contribution in [1.29, 1.82) is 0 Å². The molecule has 110 valence electrons. The van der Waals surface area contributed by atoms with Gasteiger partial charge in [0.15, 0.2) is 0 Å². The molecule has 21 heavy (non-hydrogen) atoms. The van der Waals surface area contributed by atoms with Gasteiger partial charge in [-0.2, -0.15) is 0 Å². The molecule has 0 saturated heterocycles. The molecule has 4 N–H and O–H groups in total. The van der Waals surface area contributed by atoms with Crippen molar-refractivity contribution in [1.82, 2.24) is 10.3 Å². The van der Waals surface area contributed by atoms with Gasteiger partial charge in [-0.1, -0.05) is 0 Å². The van der Waals surface area contributed by atoms with E-state index in [1.54, 1.807) is 0 Å². The quantitative estimate of drug-likeness (QED) is 0.740. The third-order valence-electron chi connectivity index (χ3n) is 3.95. The largest absolute Gasteiger partial charge is 0.358 e. The summed E-state index contributed by atoms with van der Waals surface area (Å²) in [6.07, 6.45) is 2.60. The molecular weight excluding hydrogens is 266 g/mol. The number of hydrogen-bond donors (Lipinski definition) is 3. The van der Waals surface area contributed by atoms with E-state index in [2.05, 4.69) is 10.3 Å². The lowest BCUT2D eigenvalue weighted by atomic mass is 9.94. The predicted molar refractivity (Wildman–Crippen MR) is 81.3 cm³/mol. The molecule has 2 aromatic rings. The third kappa shape index (κ3) is 2.69. The molecule has 0 atom stereocenters. The lowest BCUT2D eigenvalue weighted by molar-refractivity contribution is -0.118. The number of amides is 1. The molecule has 5 heteroatoms. The Labute approximate surface area is 122 Å². The van der Waals surface area contributed by atoms with E-state index in [1.165, 1.54) is 0 Å². The van der Waals surface area contributed by atoms with E-state index in [1.807, 2.05) is 18.2 Å². The van der Waals surface area contributed by atoms with Gasteiger partial charge in [0, 0.05) is 41.5 Å². The van der Waals surface area contributed by atoms with Crippen molar-refractivity contribution >= 4 is 22.6 Å². The van der Waals surface area contributed by atoms with E-state index in [-0.39, 0.29) is 11.7 Å². The predicted octanol–water partition coefficient (Wildman–Crippen LogP) is 1.30. The van der Waals surface area contributed by atoms with E-state index < -0.39 is 0 Å². The van der Waals surface area contributed by atoms with Gasteiger partial charge < -0.3 is 16.0 Å². The second kappa shape index (κ2) is 5.69. The Balaban J connectivity index is 1.90. The number of carbonyl (C=O) groups excluding carboxylic acids is 2. The Hall–Kier alpha value is -2.14. The average molecular weight is 285 g/mol. The van der Waals surface area contributed by atoms with Crippen LogP contribution in [0.2, 0.25) is 0 Å². The molecule has 0 spiro atoms. The Bertz CT molecular complexity index is 703. The van der Waals surface area contributed by atoms with Crippen molar-refractivity contribution in [2.75, 3.05) is 13.1 Å². The monoisotopic (exact) mass is 285 g/mol. The minimum absolute atomic E-state index is 0.0950. The Morgan fingerprint density at radius 1 is 1.33 bits per heavy atom. The Morgan fingerprint density at radius 3 is 3.00 bits per heavy atom. The summed E-state index contributed by atoms with van der Waals surface area (Å²) in [5, 5.41) is 3.84. The summed E-state index contributed by atoms with van der Waals surface area (Å²) >= 11 is 0. The van der Waals surface area contributed by atoms with Crippen LogP contribution in [0.1, 0.15) is 34.5 Å². The number of nitrogens with two attached hydrogens (primary N) is 1. The van der Waals surface area contributed by atoms with Crippen LogP contribution in [0, 0.1) is 0 Å². The summed E-state index contributed by atoms with van der Waals surface area (Å²) in [6.45, 7) is 1.14. The molecule has 3 rings (SSSR count). The molecule has 0 fully saturated rings. The first-order valence-electron chi connectivity index (χ1n) is 7.32. The first kappa shape index (κ1) is 13.8. The van der Waals surface area contributed by atoms with Gasteiger partial charge in [0.25, 0.3) is 5.91 Å². The van der Waals surface area contributed by atoms with Gasteiger partial charge in [-0.15, -0.1) is 0 Å². The van der Waals surface area contributed by atoms with Crippen molar-refractivity contribution in [3.05, 3.63) is 35.0 Å². The van der Waals surface area contributed by atoms with Crippen molar-refractivity contribution in [2.45, 2.75) is 25.7 Å². The fraction of sp³-hybridized carbons (Fsp3) is 0.375. The number of Topliss-reactive ketones (excluding diaryl/α,β-unsaturated/α-hetero) is 1. The van der Waals surface area contributed by atoms with Crippen molar-refractivity contribution < 1.29 is 9.59 Å². The van der Waals surface area contributed by atoms with E-state index >= 15 is 0 Å². The van der Waals surface area contributed by atoms with Gasteiger partial charge in [-0.25, -0.2) is 0 Å². The zero-order chi connectivity index (χ0) is 14.8. The maximum Gasteiger partial charge on any atom is 0.251 e. The standard InChI is InChI=1S/C16H19N3O2/c17-6-1-7-18-16(21)10-2-4-14-12(8-10)13-9-11(20)3-5-15(13)19-14/h2,4,8,19H,1,3,5-7,9,17H2,(H,18,21). The first-order chi connectivity index (χ1) is 10.2. The molecule has 0 bridgehead atoms. The van der Waals surface area contributed by atoms with Crippen LogP contribution in [0.3, 0.4) is 0 Å². The highest BCUT2D eigenvalue weighted by Crippen LogP contribution is 2.28. The van der Waals surface area contributed by atoms with Crippen LogP contribution in [0.5, 0.6) is 0 Å². The van der Waals surface area contributed by atoms with Gasteiger partial charge in [0.05, 0.1) is 0 Å². The third-order valence-corrected chi connectivity index (χ3v) is 3.95. The number of carbonyl (C=O) groups is 2. The second-order valence-corrected chi connectivity index (χ2v) is 5.46. The number of aromatic nitrogens is 1. The van der Waals surface area contributed by atoms with E-state index in [4.69, 9.17) is 5.73 Å². The second-order valence-electron chi connectivity index (χ2n) is 5.46. The van der Waals surface area contributed by atoms with Crippen LogP contribution in [-0.4, -0.2) is 29.8 Å². The average Bonchev–Trinajstić information content (AvgIpc) is 2.84. The molecule has 1 heterocycles. The lowest BCUT2D eigenvalue weighted by Gasteiger charge is -2.10. The minimum atomic E-state index is -0.0950. The molecular formula is C16H19N3O2. The molecule has 0 unspecified atom stereocenters. The van der Waals surface area contributed by atoms with E-state index in [0.717, 1.165) is 35.0 Å². The summed E-state index contributed by atoms with van der Waals surface area (Å²) < 4.78 is 0. The zero-order valence-electron chi connectivity index (χ0n) is 11.9. The summed E-state index contributed by atoms with van der Waals surface area (Å²) in [4.78, 5) is 27.1. The van der Waals surface area contributed by atoms with Gasteiger partial charge in [-0.05, 0) is 43.1 Å². The fourth-order valence-corrected chi connectivity index (χ4v) is 2.82. The SMILES string of the molecule is NCCCNC(=O)c1ccc2[nH]c3c(c2c1)CC(=O)CC3. The van der Waals surface area contributed by atoms with Crippen LogP contribution >= 0.6 is 0 Å². The van der Waals surface area contributed by atoms with Gasteiger partial charge in [0.1, 0.15) is 5.78 Å². The number of aromatic amines is 1. The zero-order valence-corrected chi connectivity index (χ0v) is 11.9. The summed E-state index contributed by atoms with van der Waals surface area (Å²) in [5.74, 6) is 0.170. The number of aryl methyl sites for hydroxylation is 1. The number of ketones is 1. The van der Waals surface area contributed by atoms with Crippen molar-refractivity contribution in [2.24, 2.45) is 5.73 Å². The smallest absolute Gasteiger partial charge is 0.251 e. The van der Waals surface area contributed by atoms with E-state index in [9.17, 15) is 9.59 Å². The van der Waals surface area contributed by atoms with Crippen molar-refractivity contribution in [3.63, 3.8) is 0 Å². The van der Waals surface area contributed by atoms with Gasteiger partial charge in [0.2, 0.25) is 0 Å². The number of rotatable bonds is 4. The van der Waals surface area contributed by atoms with Crippen LogP contribution in [0.25, 0.3) is 10.9 Å². The van der Waals surface area contributed by atoms with Crippen LogP contribution < -0.4 is 11.1 Å². The molecule has 1 aromatic carbocycles. The summed E-state index contributed by atoms with van der Waals surface area (Å²) in [5.41, 5.74) is 9.22. The van der Waals surface area contributed by atoms with Crippen molar-refractivity contribution in [3.8, 4) is 0 Å². The minimum Gasteiger partial charge on any atom is -0.358 e. The number of fused-ring (bicyclic) bond motifs is 3. The van der Waals surface area contributed by atoms with Crippen LogP contribution in [-0.2, 0) is 17.6 Å². The van der Waals surface area contributed by atoms with Crippen LogP contribution in [0.15, 0.2) is 18.2 Å². The topological polar surface area (TPSA) is 88.0 Å². The lowest BCUT2D eigenvalue weighted by Crippen LogP contribution is -2.25. The normalized spacial score (nSPS) is 14.2. The number of H-pyrrole nitrogens is 1. The molecule has 1 aliphatic carbocycles. The molecule has 0 saturated carbocycles. The molecule has 1 aliphatic rings. The molecule has 1 aromatic heterocycles. The molecule has 1 amide bonds. The van der Waals surface area contributed by atoms with Gasteiger partial charge >= 0.3 is 0 Å². The molecule has 0 radical (unpaired) electrons. The summed E-state index contributed by atoms with van der Waals surface area (Å²) in [7, 11) is 0. The van der Waals surface area contributed by atoms with Crippen LogP contribution in [0.4, 0.5) is 0 Å². The molecule has 5 nitrogen and oxygen atoms in total. The first-order valence-corrected chi connectivity index (χ1v) is 7.32. The number of benzene rings is 1.